The molecule has 0 bridgehead atoms. The molecule has 0 aliphatic carbocycles. The van der Waals surface area contributed by atoms with Crippen molar-refractivity contribution in [3.05, 3.63) is 0 Å². The van der Waals surface area contributed by atoms with E-state index in [9.17, 15) is 4.79 Å². The van der Waals surface area contributed by atoms with Gasteiger partial charge in [-0.3, -0.25) is 4.79 Å². The number of carbonyl (C=O) groups excluding carboxylic acids is 1. The maximum Gasteiger partial charge on any atom is 0.220 e. The monoisotopic (exact) mass is 228 g/mol. The van der Waals surface area contributed by atoms with Crippen LogP contribution in [0.5, 0.6) is 0 Å². The van der Waals surface area contributed by atoms with Gasteiger partial charge in [-0.05, 0) is 61.6 Å². The number of carbonyl (C=O) groups is 1. The third-order valence-corrected chi connectivity index (χ3v) is 2.56. The largest absolute Gasteiger partial charge is 0.352 e. The van der Waals surface area contributed by atoms with Gasteiger partial charge in [-0.1, -0.05) is 0 Å². The summed E-state index contributed by atoms with van der Waals surface area (Å²) in [5, 5.41) is 2.97. The summed E-state index contributed by atoms with van der Waals surface area (Å²) < 4.78 is 0. The normalized spacial score (nSPS) is 13.0. The van der Waals surface area contributed by atoms with E-state index in [1.54, 1.807) is 0 Å². The van der Waals surface area contributed by atoms with E-state index in [0.29, 0.717) is 6.42 Å². The van der Waals surface area contributed by atoms with E-state index in [2.05, 4.69) is 38.0 Å². The van der Waals surface area contributed by atoms with Crippen molar-refractivity contribution in [2.75, 3.05) is 13.6 Å². The first-order valence-electron chi connectivity index (χ1n) is 6.04. The van der Waals surface area contributed by atoms with Crippen molar-refractivity contribution in [3.8, 4) is 0 Å². The van der Waals surface area contributed by atoms with Crippen LogP contribution >= 0.6 is 0 Å². The zero-order valence-corrected chi connectivity index (χ0v) is 12.0. The molecule has 0 fully saturated rings. The van der Waals surface area contributed by atoms with Crippen LogP contribution in [-0.2, 0) is 4.79 Å². The first-order valence-corrected chi connectivity index (χ1v) is 6.04. The van der Waals surface area contributed by atoms with E-state index in [-0.39, 0.29) is 17.0 Å². The summed E-state index contributed by atoms with van der Waals surface area (Å²) in [7, 11) is 2.10. The zero-order valence-electron chi connectivity index (χ0n) is 12.0. The smallest absolute Gasteiger partial charge is 0.220 e. The molecule has 0 radical (unpaired) electrons. The van der Waals surface area contributed by atoms with Crippen LogP contribution < -0.4 is 5.32 Å². The summed E-state index contributed by atoms with van der Waals surface area (Å²) in [5.41, 5.74) is 0.0630. The Kier molecular flexibility index (Phi) is 5.47. The second-order valence-corrected chi connectivity index (χ2v) is 6.49. The second-order valence-electron chi connectivity index (χ2n) is 6.49. The molecule has 3 heteroatoms. The number of nitrogens with one attached hydrogen (secondary N) is 1. The van der Waals surface area contributed by atoms with Gasteiger partial charge in [0.05, 0.1) is 0 Å². The Balaban J connectivity index is 3.79. The van der Waals surface area contributed by atoms with Crippen molar-refractivity contribution in [2.24, 2.45) is 0 Å². The maximum absolute atomic E-state index is 11.6. The van der Waals surface area contributed by atoms with Crippen molar-refractivity contribution in [3.63, 3.8) is 0 Å². The first-order chi connectivity index (χ1) is 7.02. The van der Waals surface area contributed by atoms with Crippen LogP contribution in [0.4, 0.5) is 0 Å². The number of nitrogens with zero attached hydrogens (tertiary/aromatic N) is 1. The van der Waals surface area contributed by atoms with Crippen molar-refractivity contribution < 1.29 is 4.79 Å². The minimum atomic E-state index is -0.118. The van der Waals surface area contributed by atoms with Crippen LogP contribution in [0.3, 0.4) is 0 Å². The lowest BCUT2D eigenvalue weighted by Crippen LogP contribution is -2.41. The maximum atomic E-state index is 11.6. The lowest BCUT2D eigenvalue weighted by atomic mass is 10.1. The fourth-order valence-electron chi connectivity index (χ4n) is 1.29. The molecule has 0 saturated heterocycles. The van der Waals surface area contributed by atoms with E-state index < -0.39 is 0 Å². The molecular weight excluding hydrogens is 200 g/mol. The topological polar surface area (TPSA) is 32.3 Å². The molecule has 0 unspecified atom stereocenters. The quantitative estimate of drug-likeness (QED) is 0.801. The molecule has 1 amide bonds. The summed E-state index contributed by atoms with van der Waals surface area (Å²) in [6.07, 6.45) is 1.52. The van der Waals surface area contributed by atoms with Gasteiger partial charge in [0.1, 0.15) is 0 Å². The second kappa shape index (κ2) is 5.67. The van der Waals surface area contributed by atoms with Crippen molar-refractivity contribution in [2.45, 2.75) is 65.5 Å². The molecule has 0 aliphatic rings. The number of hydrogen-bond acceptors (Lipinski definition) is 2. The summed E-state index contributed by atoms with van der Waals surface area (Å²) in [4.78, 5) is 13.8. The lowest BCUT2D eigenvalue weighted by Gasteiger charge is -2.31. The molecule has 0 heterocycles. The average Bonchev–Trinajstić information content (AvgIpc) is 1.98. The molecule has 0 aliphatic heterocycles. The van der Waals surface area contributed by atoms with Crippen LogP contribution in [0.15, 0.2) is 0 Å². The summed E-state index contributed by atoms with van der Waals surface area (Å²) in [6.45, 7) is 13.5. The van der Waals surface area contributed by atoms with Crippen LogP contribution in [0.25, 0.3) is 0 Å². The molecule has 16 heavy (non-hydrogen) atoms. The Hall–Kier alpha value is -0.570. The Morgan fingerprint density at radius 2 is 1.62 bits per heavy atom. The van der Waals surface area contributed by atoms with E-state index in [1.807, 2.05) is 20.8 Å². The van der Waals surface area contributed by atoms with E-state index in [0.717, 1.165) is 13.0 Å². The van der Waals surface area contributed by atoms with E-state index >= 15 is 0 Å². The highest BCUT2D eigenvalue weighted by molar-refractivity contribution is 5.76. The SMILES string of the molecule is CN(CCCC(=O)NC(C)(C)C)C(C)(C)C. The molecular formula is C13H28N2O. The fourth-order valence-corrected chi connectivity index (χ4v) is 1.29. The van der Waals surface area contributed by atoms with Crippen LogP contribution in [0, 0.1) is 0 Å². The first kappa shape index (κ1) is 15.4. The van der Waals surface area contributed by atoms with Gasteiger partial charge >= 0.3 is 0 Å². The molecule has 0 aromatic carbocycles. The third-order valence-electron chi connectivity index (χ3n) is 2.56. The minimum Gasteiger partial charge on any atom is -0.352 e. The predicted molar refractivity (Wildman–Crippen MR) is 69.5 cm³/mol. The Morgan fingerprint density at radius 1 is 1.12 bits per heavy atom. The molecule has 1 N–H and O–H groups in total. The van der Waals surface area contributed by atoms with Crippen molar-refractivity contribution >= 4 is 5.91 Å². The van der Waals surface area contributed by atoms with Gasteiger partial charge in [-0.25, -0.2) is 0 Å². The van der Waals surface area contributed by atoms with Crippen molar-refractivity contribution in [1.82, 2.24) is 10.2 Å². The molecule has 96 valence electrons. The standard InChI is InChI=1S/C13H28N2O/c1-12(2,3)14-11(16)9-8-10-15(7)13(4,5)6/h8-10H2,1-7H3,(H,14,16). The van der Waals surface area contributed by atoms with Gasteiger partial charge in [0.2, 0.25) is 5.91 Å². The zero-order chi connectivity index (χ0) is 13.0. The Bertz CT molecular complexity index is 223. The fraction of sp³-hybridized carbons (Fsp3) is 0.923. The van der Waals surface area contributed by atoms with Gasteiger partial charge in [0.25, 0.3) is 0 Å². The highest BCUT2D eigenvalue weighted by Crippen LogP contribution is 2.11. The third kappa shape index (κ3) is 7.69. The van der Waals surface area contributed by atoms with Gasteiger partial charge in [0.15, 0.2) is 0 Å². The van der Waals surface area contributed by atoms with Gasteiger partial charge in [0, 0.05) is 17.5 Å². The van der Waals surface area contributed by atoms with Gasteiger partial charge < -0.3 is 10.2 Å². The van der Waals surface area contributed by atoms with Gasteiger partial charge in [-0.2, -0.15) is 0 Å². The summed E-state index contributed by atoms with van der Waals surface area (Å²) in [5.74, 6) is 0.148. The van der Waals surface area contributed by atoms with E-state index in [4.69, 9.17) is 0 Å². The Labute approximate surface area is 101 Å². The Morgan fingerprint density at radius 3 is 2.00 bits per heavy atom. The molecule has 3 nitrogen and oxygen atoms in total. The molecule has 0 aromatic rings. The van der Waals surface area contributed by atoms with Crippen LogP contribution in [0.2, 0.25) is 0 Å². The number of hydrogen-bond donors (Lipinski definition) is 1. The lowest BCUT2D eigenvalue weighted by molar-refractivity contribution is -0.122. The van der Waals surface area contributed by atoms with Crippen molar-refractivity contribution in [1.29, 1.82) is 0 Å². The minimum absolute atomic E-state index is 0.118. The molecule has 0 saturated carbocycles. The molecule has 0 aromatic heterocycles. The highest BCUT2D eigenvalue weighted by Gasteiger charge is 2.17. The van der Waals surface area contributed by atoms with Crippen LogP contribution in [0.1, 0.15) is 54.4 Å². The number of amides is 1. The van der Waals surface area contributed by atoms with Gasteiger partial charge in [-0.15, -0.1) is 0 Å². The summed E-state index contributed by atoms with van der Waals surface area (Å²) >= 11 is 0. The number of rotatable bonds is 4. The average molecular weight is 228 g/mol. The molecule has 0 spiro atoms. The molecule has 0 atom stereocenters. The van der Waals surface area contributed by atoms with Crippen LogP contribution in [-0.4, -0.2) is 35.5 Å². The predicted octanol–water partition coefficient (Wildman–Crippen LogP) is 2.41. The molecule has 0 rings (SSSR count). The highest BCUT2D eigenvalue weighted by atomic mass is 16.1. The van der Waals surface area contributed by atoms with E-state index in [1.165, 1.54) is 0 Å². The summed E-state index contributed by atoms with van der Waals surface area (Å²) in [6, 6.07) is 0.